The van der Waals surface area contributed by atoms with Crippen LogP contribution in [0.3, 0.4) is 0 Å². The minimum atomic E-state index is 0.841. The topological polar surface area (TPSA) is 24.3 Å². The molecule has 0 saturated heterocycles. The number of aromatic nitrogens is 2. The predicted molar refractivity (Wildman–Crippen MR) is 181 cm³/mol. The summed E-state index contributed by atoms with van der Waals surface area (Å²) in [5.41, 5.74) is 9.69. The summed E-state index contributed by atoms with van der Waals surface area (Å²) >= 11 is 1.80. The van der Waals surface area contributed by atoms with Gasteiger partial charge in [-0.25, -0.2) is 4.98 Å². The summed E-state index contributed by atoms with van der Waals surface area (Å²) in [6, 6.07) is 45.8. The zero-order valence-electron chi connectivity index (χ0n) is 24.1. The molecule has 5 aromatic carbocycles. The largest absolute Gasteiger partial charge is 0.355 e. The van der Waals surface area contributed by atoms with E-state index in [1.165, 1.54) is 54.3 Å². The molecule has 1 aliphatic rings. The lowest BCUT2D eigenvalue weighted by molar-refractivity contribution is 0.948. The summed E-state index contributed by atoms with van der Waals surface area (Å²) in [5, 5.41) is 2.46. The molecule has 5 heteroatoms. The van der Waals surface area contributed by atoms with Crippen LogP contribution >= 0.6 is 11.8 Å². The number of anilines is 3. The third-order valence-electron chi connectivity index (χ3n) is 8.38. The van der Waals surface area contributed by atoms with Gasteiger partial charge in [-0.2, -0.15) is 0 Å². The maximum Gasteiger partial charge on any atom is 0.138 e. The lowest BCUT2D eigenvalue weighted by Crippen LogP contribution is -2.23. The number of hydrogen-bond acceptors (Lipinski definition) is 4. The van der Waals surface area contributed by atoms with Crippen LogP contribution in [0, 0.1) is 6.92 Å². The SMILES string of the molecule is Cc1ccccc1-c1ccnc(-n2c3ccccc3c3ccc(Sc4cccc(N5CN(C)c6ccccc65)c4)cc32)c1. The minimum Gasteiger partial charge on any atom is -0.355 e. The molecule has 0 saturated carbocycles. The third-order valence-corrected chi connectivity index (χ3v) is 9.36. The summed E-state index contributed by atoms with van der Waals surface area (Å²) in [7, 11) is 2.15. The molecule has 8 rings (SSSR count). The molecule has 0 N–H and O–H groups in total. The maximum atomic E-state index is 4.88. The molecule has 43 heavy (non-hydrogen) atoms. The number of nitrogens with zero attached hydrogens (tertiary/aromatic N) is 4. The zero-order valence-corrected chi connectivity index (χ0v) is 24.9. The van der Waals surface area contributed by atoms with E-state index in [0.717, 1.165) is 23.5 Å². The van der Waals surface area contributed by atoms with Crippen LogP contribution in [-0.4, -0.2) is 23.3 Å². The Morgan fingerprint density at radius 2 is 1.42 bits per heavy atom. The molecule has 1 aliphatic heterocycles. The van der Waals surface area contributed by atoms with Crippen molar-refractivity contribution in [2.75, 3.05) is 23.5 Å². The van der Waals surface area contributed by atoms with Crippen LogP contribution < -0.4 is 9.80 Å². The van der Waals surface area contributed by atoms with Crippen LogP contribution in [0.4, 0.5) is 17.1 Å². The highest BCUT2D eigenvalue weighted by atomic mass is 32.2. The lowest BCUT2D eigenvalue weighted by atomic mass is 10.0. The van der Waals surface area contributed by atoms with Crippen LogP contribution in [0.15, 0.2) is 143 Å². The van der Waals surface area contributed by atoms with E-state index in [1.54, 1.807) is 11.8 Å². The molecule has 0 radical (unpaired) electrons. The maximum absolute atomic E-state index is 4.88. The number of para-hydroxylation sites is 3. The number of benzene rings is 5. The van der Waals surface area contributed by atoms with Crippen molar-refractivity contribution < 1.29 is 0 Å². The fourth-order valence-electron chi connectivity index (χ4n) is 6.32. The Morgan fingerprint density at radius 1 is 0.651 bits per heavy atom. The summed E-state index contributed by atoms with van der Waals surface area (Å²) in [6.45, 7) is 3.00. The molecule has 0 spiro atoms. The van der Waals surface area contributed by atoms with E-state index in [0.29, 0.717) is 0 Å². The Bertz CT molecular complexity index is 2150. The van der Waals surface area contributed by atoms with Crippen molar-refractivity contribution in [2.45, 2.75) is 16.7 Å². The van der Waals surface area contributed by atoms with Gasteiger partial charge in [-0.3, -0.25) is 4.57 Å². The van der Waals surface area contributed by atoms with Crippen molar-refractivity contribution in [1.29, 1.82) is 0 Å². The van der Waals surface area contributed by atoms with E-state index in [2.05, 4.69) is 156 Å². The summed E-state index contributed by atoms with van der Waals surface area (Å²) in [4.78, 5) is 12.0. The average molecular weight is 575 g/mol. The van der Waals surface area contributed by atoms with Gasteiger partial charge in [0, 0.05) is 39.5 Å². The monoisotopic (exact) mass is 574 g/mol. The molecular weight excluding hydrogens is 545 g/mol. The second-order valence-corrected chi connectivity index (χ2v) is 12.3. The molecule has 208 valence electrons. The van der Waals surface area contributed by atoms with E-state index in [-0.39, 0.29) is 0 Å². The molecule has 0 atom stereocenters. The summed E-state index contributed by atoms with van der Waals surface area (Å²) in [5.74, 6) is 0.924. The molecule has 0 aliphatic carbocycles. The summed E-state index contributed by atoms with van der Waals surface area (Å²) < 4.78 is 2.31. The highest BCUT2D eigenvalue weighted by molar-refractivity contribution is 7.99. The Labute approximate surface area is 255 Å². The molecule has 3 heterocycles. The normalized spacial score (nSPS) is 12.8. The fraction of sp³-hybridized carbons (Fsp3) is 0.0789. The van der Waals surface area contributed by atoms with E-state index in [1.807, 2.05) is 6.20 Å². The van der Waals surface area contributed by atoms with E-state index in [9.17, 15) is 0 Å². The number of rotatable bonds is 5. The number of aryl methyl sites for hydroxylation is 1. The number of pyridine rings is 1. The molecule has 0 fully saturated rings. The van der Waals surface area contributed by atoms with Gasteiger partial charge in [-0.15, -0.1) is 0 Å². The van der Waals surface area contributed by atoms with Crippen LogP contribution in [0.2, 0.25) is 0 Å². The lowest BCUT2D eigenvalue weighted by Gasteiger charge is -2.20. The molecule has 0 bridgehead atoms. The predicted octanol–water partition coefficient (Wildman–Crippen LogP) is 9.85. The van der Waals surface area contributed by atoms with Gasteiger partial charge in [0.2, 0.25) is 0 Å². The van der Waals surface area contributed by atoms with Crippen LogP contribution in [0.25, 0.3) is 38.8 Å². The summed E-state index contributed by atoms with van der Waals surface area (Å²) in [6.07, 6.45) is 1.93. The molecule has 0 unspecified atom stereocenters. The first-order valence-electron chi connectivity index (χ1n) is 14.6. The van der Waals surface area contributed by atoms with Crippen LogP contribution in [0.5, 0.6) is 0 Å². The second kappa shape index (κ2) is 10.4. The molecule has 4 nitrogen and oxygen atoms in total. The Morgan fingerprint density at radius 3 is 2.33 bits per heavy atom. The van der Waals surface area contributed by atoms with Crippen LogP contribution in [-0.2, 0) is 0 Å². The van der Waals surface area contributed by atoms with Gasteiger partial charge in [0.05, 0.1) is 29.1 Å². The smallest absolute Gasteiger partial charge is 0.138 e. The fourth-order valence-corrected chi connectivity index (χ4v) is 7.22. The first-order chi connectivity index (χ1) is 21.1. The Balaban J connectivity index is 1.20. The Kier molecular flexibility index (Phi) is 6.20. The van der Waals surface area contributed by atoms with Crippen molar-refractivity contribution in [2.24, 2.45) is 0 Å². The minimum absolute atomic E-state index is 0.841. The van der Waals surface area contributed by atoms with E-state index >= 15 is 0 Å². The average Bonchev–Trinajstić information content (AvgIpc) is 3.56. The van der Waals surface area contributed by atoms with Gasteiger partial charge >= 0.3 is 0 Å². The first kappa shape index (κ1) is 25.7. The van der Waals surface area contributed by atoms with Crippen molar-refractivity contribution in [3.8, 4) is 16.9 Å². The number of fused-ring (bicyclic) bond motifs is 4. The van der Waals surface area contributed by atoms with Crippen molar-refractivity contribution in [3.63, 3.8) is 0 Å². The zero-order chi connectivity index (χ0) is 28.9. The second-order valence-electron chi connectivity index (χ2n) is 11.1. The van der Waals surface area contributed by atoms with Crippen molar-refractivity contribution >= 4 is 50.6 Å². The van der Waals surface area contributed by atoms with Crippen molar-refractivity contribution in [1.82, 2.24) is 9.55 Å². The van der Waals surface area contributed by atoms with Gasteiger partial charge in [0.15, 0.2) is 0 Å². The highest BCUT2D eigenvalue weighted by Crippen LogP contribution is 2.42. The number of hydrogen-bond donors (Lipinski definition) is 0. The van der Waals surface area contributed by atoms with Gasteiger partial charge in [0.25, 0.3) is 0 Å². The highest BCUT2D eigenvalue weighted by Gasteiger charge is 2.24. The van der Waals surface area contributed by atoms with Gasteiger partial charge in [-0.05, 0) is 84.3 Å². The van der Waals surface area contributed by atoms with Gasteiger partial charge in [-0.1, -0.05) is 78.5 Å². The molecule has 2 aromatic heterocycles. The molecular formula is C38H30N4S. The van der Waals surface area contributed by atoms with Crippen LogP contribution in [0.1, 0.15) is 5.56 Å². The van der Waals surface area contributed by atoms with Gasteiger partial charge in [0.1, 0.15) is 5.82 Å². The molecule has 0 amide bonds. The third kappa shape index (κ3) is 4.44. The standard InChI is InChI=1S/C38H30N4S/c1-26-10-3-4-13-31(26)27-20-21-39-38(22-27)42-34-15-6-5-14-32(34)33-19-18-30(24-37(33)42)43-29-12-9-11-28(23-29)41-25-40(2)35-16-7-8-17-36(35)41/h3-24H,25H2,1-2H3. The Hall–Kier alpha value is -5.00. The molecule has 7 aromatic rings. The first-order valence-corrected chi connectivity index (χ1v) is 15.4. The van der Waals surface area contributed by atoms with E-state index < -0.39 is 0 Å². The van der Waals surface area contributed by atoms with Gasteiger partial charge < -0.3 is 9.80 Å². The van der Waals surface area contributed by atoms with E-state index in [4.69, 9.17) is 4.98 Å². The van der Waals surface area contributed by atoms with Crippen molar-refractivity contribution in [3.05, 3.63) is 139 Å². The quantitative estimate of drug-likeness (QED) is 0.204.